The molecule has 0 aliphatic rings. The van der Waals surface area contributed by atoms with Gasteiger partial charge in [0.25, 0.3) is 23.6 Å². The van der Waals surface area contributed by atoms with Crippen molar-refractivity contribution in [3.8, 4) is 0 Å². The normalized spacial score (nSPS) is 13.3. The van der Waals surface area contributed by atoms with E-state index in [9.17, 15) is 59.7 Å². The van der Waals surface area contributed by atoms with E-state index in [-0.39, 0.29) is 80.6 Å². The second-order valence-corrected chi connectivity index (χ2v) is 17.7. The number of carbonyl (C=O) groups excluding carboxylic acids is 5. The molecule has 2 aromatic carbocycles. The topological polar surface area (TPSA) is 319 Å². The summed E-state index contributed by atoms with van der Waals surface area (Å²) < 4.78 is 1.45. The number of rotatable bonds is 20. The van der Waals surface area contributed by atoms with Crippen LogP contribution in [0.2, 0.25) is 0 Å². The number of amides is 5. The van der Waals surface area contributed by atoms with Crippen LogP contribution in [0.25, 0.3) is 0 Å². The van der Waals surface area contributed by atoms with E-state index in [0.29, 0.717) is 7.14 Å². The fourth-order valence-corrected chi connectivity index (χ4v) is 13.2. The van der Waals surface area contributed by atoms with E-state index in [1.807, 2.05) is 67.8 Å². The molecule has 306 valence electrons. The smallest absolute Gasteiger partial charge is 0.253 e. The van der Waals surface area contributed by atoms with Crippen LogP contribution in [0, 0.1) is 21.4 Å². The van der Waals surface area contributed by atoms with Crippen molar-refractivity contribution in [2.75, 3.05) is 69.8 Å². The maximum atomic E-state index is 13.6. The van der Waals surface area contributed by atoms with Crippen LogP contribution in [0.5, 0.6) is 0 Å². The van der Waals surface area contributed by atoms with Crippen molar-refractivity contribution in [3.05, 3.63) is 43.7 Å². The van der Waals surface area contributed by atoms with Gasteiger partial charge in [0, 0.05) is 39.9 Å². The average Bonchev–Trinajstić information content (AvgIpc) is 3.15. The van der Waals surface area contributed by atoms with Crippen LogP contribution >= 0.6 is 136 Å². The Hall–Kier alpha value is -0.350. The van der Waals surface area contributed by atoms with Gasteiger partial charge in [-0.3, -0.25) is 24.0 Å². The summed E-state index contributed by atoms with van der Waals surface area (Å²) in [7, 11) is 0. The lowest BCUT2D eigenvalue weighted by atomic mass is 10.1. The molecular formula is C30H36I6N6O13. The molecule has 2 rings (SSSR count). The van der Waals surface area contributed by atoms with Crippen LogP contribution in [0.3, 0.4) is 0 Å². The molecule has 0 radical (unpaired) electrons. The van der Waals surface area contributed by atoms with E-state index in [4.69, 9.17) is 5.11 Å². The van der Waals surface area contributed by atoms with E-state index in [1.54, 1.807) is 67.8 Å². The van der Waals surface area contributed by atoms with Crippen molar-refractivity contribution in [2.24, 2.45) is 0 Å². The predicted octanol–water partition coefficient (Wildman–Crippen LogP) is -1.30. The minimum absolute atomic E-state index is 0.0302. The van der Waals surface area contributed by atoms with Crippen LogP contribution in [0.15, 0.2) is 0 Å². The molecule has 0 fully saturated rings. The van der Waals surface area contributed by atoms with E-state index < -0.39 is 80.4 Å². The van der Waals surface area contributed by atoms with Gasteiger partial charge in [-0.25, -0.2) is 0 Å². The Balaban J connectivity index is 2.44. The third-order valence-corrected chi connectivity index (χ3v) is 13.6. The van der Waals surface area contributed by atoms with Crippen LogP contribution in [0.4, 0.5) is 11.4 Å². The average molecular weight is 1450 g/mol. The SMILES string of the molecule is O=C(CO)Nc1c(I)c(C(=O)NCC(O)CO)c(I)c(C(=O)NCC(O)CNc2c(I)c(C(=O)NCC(O)CO)c(I)c(C(=O)NCC(O)CO)c2I)c1I. The Bertz CT molecular complexity index is 1710. The highest BCUT2D eigenvalue weighted by atomic mass is 127. The monoisotopic (exact) mass is 1450 g/mol. The first-order valence-corrected chi connectivity index (χ1v) is 22.1. The van der Waals surface area contributed by atoms with Crippen LogP contribution in [-0.2, 0) is 4.79 Å². The van der Waals surface area contributed by atoms with Gasteiger partial charge < -0.3 is 72.8 Å². The highest BCUT2D eigenvalue weighted by molar-refractivity contribution is 14.1. The number of hydrogen-bond donors (Lipinski definition) is 14. The number of carbonyl (C=O) groups is 5. The highest BCUT2D eigenvalue weighted by Gasteiger charge is 2.31. The molecule has 0 saturated heterocycles. The molecule has 55 heavy (non-hydrogen) atoms. The number of nitrogens with one attached hydrogen (secondary N) is 6. The highest BCUT2D eigenvalue weighted by Crippen LogP contribution is 2.37. The van der Waals surface area contributed by atoms with Crippen molar-refractivity contribution < 1.29 is 64.8 Å². The Labute approximate surface area is 395 Å². The van der Waals surface area contributed by atoms with Gasteiger partial charge in [-0.15, -0.1) is 0 Å². The maximum absolute atomic E-state index is 13.6. The Morgan fingerprint density at radius 2 is 0.727 bits per heavy atom. The summed E-state index contributed by atoms with van der Waals surface area (Å²) >= 11 is 10.9. The van der Waals surface area contributed by atoms with Gasteiger partial charge in [0.05, 0.1) is 92.1 Å². The number of hydrogen-bond acceptors (Lipinski definition) is 14. The number of halogens is 6. The van der Waals surface area contributed by atoms with E-state index >= 15 is 0 Å². The summed E-state index contributed by atoms with van der Waals surface area (Å²) in [6, 6.07) is 0. The largest absolute Gasteiger partial charge is 0.394 e. The molecule has 0 saturated carbocycles. The summed E-state index contributed by atoms with van der Waals surface area (Å²) in [6.07, 6.45) is -5.05. The van der Waals surface area contributed by atoms with Crippen molar-refractivity contribution in [1.82, 2.24) is 21.3 Å². The van der Waals surface area contributed by atoms with Gasteiger partial charge in [-0.05, 0) is 136 Å². The zero-order valence-electron chi connectivity index (χ0n) is 28.1. The molecule has 4 atom stereocenters. The summed E-state index contributed by atoms with van der Waals surface area (Å²) in [5.41, 5.74) is 0.283. The first-order chi connectivity index (χ1) is 25.9. The van der Waals surface area contributed by atoms with Crippen molar-refractivity contribution in [3.63, 3.8) is 0 Å². The lowest BCUT2D eigenvalue weighted by molar-refractivity contribution is -0.118. The van der Waals surface area contributed by atoms with Crippen molar-refractivity contribution >= 4 is 176 Å². The summed E-state index contributed by atoms with van der Waals surface area (Å²) in [4.78, 5) is 65.6. The third-order valence-electron chi connectivity index (χ3n) is 7.09. The molecule has 25 heteroatoms. The van der Waals surface area contributed by atoms with Crippen LogP contribution in [0.1, 0.15) is 41.4 Å². The van der Waals surface area contributed by atoms with Crippen molar-refractivity contribution in [2.45, 2.75) is 24.4 Å². The molecule has 19 nitrogen and oxygen atoms in total. The van der Waals surface area contributed by atoms with Gasteiger partial charge in [-0.2, -0.15) is 0 Å². The van der Waals surface area contributed by atoms with Gasteiger partial charge in [0.2, 0.25) is 5.91 Å². The fourth-order valence-electron chi connectivity index (χ4n) is 4.25. The van der Waals surface area contributed by atoms with Gasteiger partial charge in [0.1, 0.15) is 6.61 Å². The zero-order valence-corrected chi connectivity index (χ0v) is 41.0. The Morgan fingerprint density at radius 3 is 1.02 bits per heavy atom. The second-order valence-electron chi connectivity index (χ2n) is 11.2. The summed E-state index contributed by atoms with van der Waals surface area (Å²) in [5.74, 6) is -3.68. The Morgan fingerprint density at radius 1 is 0.436 bits per heavy atom. The van der Waals surface area contributed by atoms with Gasteiger partial charge >= 0.3 is 0 Å². The molecule has 0 bridgehead atoms. The van der Waals surface area contributed by atoms with Gasteiger partial charge in [0.15, 0.2) is 0 Å². The molecule has 0 spiro atoms. The number of anilines is 2. The lowest BCUT2D eigenvalue weighted by Gasteiger charge is -2.22. The molecule has 0 aliphatic heterocycles. The molecule has 0 heterocycles. The van der Waals surface area contributed by atoms with E-state index in [0.717, 1.165) is 0 Å². The third kappa shape index (κ3) is 14.1. The zero-order chi connectivity index (χ0) is 41.7. The first kappa shape index (κ1) is 50.8. The molecular weight excluding hydrogens is 1410 g/mol. The van der Waals surface area contributed by atoms with E-state index in [1.165, 1.54) is 0 Å². The first-order valence-electron chi connectivity index (χ1n) is 15.6. The maximum Gasteiger partial charge on any atom is 0.253 e. The predicted molar refractivity (Wildman–Crippen MR) is 248 cm³/mol. The number of aliphatic hydroxyl groups is 8. The quantitative estimate of drug-likeness (QED) is 0.0686. The number of aliphatic hydroxyl groups excluding tert-OH is 8. The molecule has 0 aromatic heterocycles. The fraction of sp³-hybridized carbons (Fsp3) is 0.433. The minimum Gasteiger partial charge on any atom is -0.394 e. The van der Waals surface area contributed by atoms with Crippen molar-refractivity contribution in [1.29, 1.82) is 0 Å². The number of benzene rings is 2. The molecule has 2 aromatic rings. The van der Waals surface area contributed by atoms with Crippen LogP contribution in [-0.4, -0.2) is 154 Å². The molecule has 4 unspecified atom stereocenters. The second kappa shape index (κ2) is 24.7. The van der Waals surface area contributed by atoms with E-state index in [2.05, 4.69) is 31.9 Å². The standard InChI is InChI=1S/C30H36I6N6O13/c31-19-15(27(52)39-3-11(48)6-43)21(33)25(22(34)16(19)28(53)40-4-12(49)7-44)37-1-10(47)2-38-29(54)17-20(32)18(30(55)41-5-13(50)8-45)24(36)26(23(17)35)42-14(51)9-46/h10-13,37,43-50H,1-9H2,(H,38,54)(H,39,52)(H,40,53)(H,41,55)(H,42,51). The summed E-state index contributed by atoms with van der Waals surface area (Å²) in [6.45, 7) is -4.24. The van der Waals surface area contributed by atoms with Gasteiger partial charge in [-0.1, -0.05) is 0 Å². The lowest BCUT2D eigenvalue weighted by Crippen LogP contribution is -2.38. The Kier molecular flexibility index (Phi) is 22.8. The molecule has 5 amide bonds. The minimum atomic E-state index is -1.29. The molecule has 14 N–H and O–H groups in total. The summed E-state index contributed by atoms with van der Waals surface area (Å²) in [5, 5.41) is 92.6. The molecule has 0 aliphatic carbocycles. The van der Waals surface area contributed by atoms with Crippen LogP contribution < -0.4 is 31.9 Å².